The molecule has 0 bridgehead atoms. The van der Waals surface area contributed by atoms with Crippen molar-refractivity contribution in [1.82, 2.24) is 14.9 Å². The van der Waals surface area contributed by atoms with E-state index in [0.29, 0.717) is 37.1 Å². The van der Waals surface area contributed by atoms with E-state index in [9.17, 15) is 9.90 Å². The van der Waals surface area contributed by atoms with Crippen LogP contribution in [0.5, 0.6) is 5.75 Å². The molecule has 1 aromatic heterocycles. The average molecular weight is 404 g/mol. The van der Waals surface area contributed by atoms with Gasteiger partial charge >= 0.3 is 0 Å². The van der Waals surface area contributed by atoms with E-state index < -0.39 is 0 Å². The van der Waals surface area contributed by atoms with Gasteiger partial charge in [0.15, 0.2) is 0 Å². The smallest absolute Gasteiger partial charge is 0.262 e. The van der Waals surface area contributed by atoms with E-state index in [0.717, 1.165) is 23.3 Å². The van der Waals surface area contributed by atoms with Crippen molar-refractivity contribution in [1.29, 1.82) is 0 Å². The first-order chi connectivity index (χ1) is 14.7. The van der Waals surface area contributed by atoms with E-state index in [1.165, 1.54) is 12.8 Å². The topological polar surface area (TPSA) is 88.4 Å². The number of rotatable bonds is 7. The Morgan fingerprint density at radius 1 is 1.17 bits per heavy atom. The van der Waals surface area contributed by atoms with Crippen molar-refractivity contribution >= 4 is 28.2 Å². The third-order valence-corrected chi connectivity index (χ3v) is 5.46. The number of hydrogen-bond acceptors (Lipinski definition) is 5. The number of nitrogens with one attached hydrogen (secondary N) is 2. The summed E-state index contributed by atoms with van der Waals surface area (Å²) < 4.78 is 7.70. The number of fused-ring (bicyclic) bond motifs is 3. The van der Waals surface area contributed by atoms with E-state index in [4.69, 9.17) is 4.74 Å². The summed E-state index contributed by atoms with van der Waals surface area (Å²) in [5, 5.41) is 16.7. The van der Waals surface area contributed by atoms with Crippen LogP contribution in [0.1, 0.15) is 25.1 Å². The number of carbonyl (C=O) groups is 1. The zero-order valence-electron chi connectivity index (χ0n) is 16.6. The number of carbonyl (C=O) groups excluding carboxylic acids is 1. The van der Waals surface area contributed by atoms with Crippen molar-refractivity contribution in [3.63, 3.8) is 0 Å². The Kier molecular flexibility index (Phi) is 4.88. The van der Waals surface area contributed by atoms with Gasteiger partial charge in [0.25, 0.3) is 5.91 Å². The molecule has 1 saturated carbocycles. The van der Waals surface area contributed by atoms with Gasteiger partial charge in [-0.05, 0) is 49.2 Å². The number of imidazole rings is 1. The van der Waals surface area contributed by atoms with Crippen molar-refractivity contribution in [3.8, 4) is 5.75 Å². The molecule has 0 spiro atoms. The minimum absolute atomic E-state index is 0.0680. The average Bonchev–Trinajstić information content (AvgIpc) is 3.51. The van der Waals surface area contributed by atoms with Crippen molar-refractivity contribution in [2.24, 2.45) is 0 Å². The molecule has 30 heavy (non-hydrogen) atoms. The number of aromatic nitrogens is 2. The summed E-state index contributed by atoms with van der Waals surface area (Å²) in [6.45, 7) is 2.04. The zero-order chi connectivity index (χ0) is 20.5. The summed E-state index contributed by atoms with van der Waals surface area (Å²) >= 11 is 0. The summed E-state index contributed by atoms with van der Waals surface area (Å²) in [7, 11) is 0. The third kappa shape index (κ3) is 3.76. The molecule has 3 N–H and O–H groups in total. The summed E-state index contributed by atoms with van der Waals surface area (Å²) in [6.07, 6.45) is 2.92. The van der Waals surface area contributed by atoms with Crippen LogP contribution < -0.4 is 15.4 Å². The predicted octanol–water partition coefficient (Wildman–Crippen LogP) is 3.48. The Morgan fingerprint density at radius 3 is 2.77 bits per heavy atom. The van der Waals surface area contributed by atoms with Gasteiger partial charge < -0.3 is 25.0 Å². The molecule has 7 nitrogen and oxygen atoms in total. The van der Waals surface area contributed by atoms with Crippen molar-refractivity contribution in [2.75, 3.05) is 18.5 Å². The number of aryl methyl sites for hydroxylation is 1. The van der Waals surface area contributed by atoms with Gasteiger partial charge in [0, 0.05) is 31.2 Å². The van der Waals surface area contributed by atoms with Gasteiger partial charge in [0.05, 0.1) is 11.0 Å². The molecular formula is C23H24N4O3. The zero-order valence-corrected chi connectivity index (χ0v) is 16.6. The molecule has 0 atom stereocenters. The fraction of sp³-hybridized carbons (Fsp3) is 0.304. The molecule has 2 heterocycles. The highest BCUT2D eigenvalue weighted by Crippen LogP contribution is 2.30. The quantitative estimate of drug-likeness (QED) is 0.525. The molecule has 1 amide bonds. The molecule has 1 aliphatic heterocycles. The SMILES string of the molecule is O=C(Nc1ccc(OCCNC2CC2)cc1)C1=C(O)CCn2c1nc1ccccc12. The maximum Gasteiger partial charge on any atom is 0.262 e. The van der Waals surface area contributed by atoms with Gasteiger partial charge in [-0.3, -0.25) is 4.79 Å². The van der Waals surface area contributed by atoms with Crippen LogP contribution in [-0.4, -0.2) is 39.8 Å². The first-order valence-corrected chi connectivity index (χ1v) is 10.3. The largest absolute Gasteiger partial charge is 0.511 e. The summed E-state index contributed by atoms with van der Waals surface area (Å²) in [4.78, 5) is 17.5. The lowest BCUT2D eigenvalue weighted by Crippen LogP contribution is -2.23. The lowest BCUT2D eigenvalue weighted by Gasteiger charge is -2.18. The molecule has 2 aromatic carbocycles. The number of aliphatic hydroxyl groups is 1. The number of hydrogen-bond donors (Lipinski definition) is 3. The standard InChI is InChI=1S/C23H24N4O3/c28-20-11-13-27-19-4-2-1-3-18(19)26-22(27)21(20)23(29)25-16-7-9-17(10-8-16)30-14-12-24-15-5-6-15/h1-4,7-10,15,24,28H,5-6,11-14H2,(H,25,29). The van der Waals surface area contributed by atoms with Crippen molar-refractivity contribution < 1.29 is 14.6 Å². The number of aliphatic hydroxyl groups excluding tert-OH is 1. The number of amides is 1. The summed E-state index contributed by atoms with van der Waals surface area (Å²) in [5.41, 5.74) is 2.63. The molecule has 1 aliphatic carbocycles. The lowest BCUT2D eigenvalue weighted by molar-refractivity contribution is -0.111. The second-order valence-electron chi connectivity index (χ2n) is 7.70. The number of anilines is 1. The highest BCUT2D eigenvalue weighted by molar-refractivity contribution is 6.25. The maximum absolute atomic E-state index is 13.0. The number of ether oxygens (including phenoxy) is 1. The van der Waals surface area contributed by atoms with Crippen LogP contribution in [0.25, 0.3) is 16.6 Å². The van der Waals surface area contributed by atoms with E-state index >= 15 is 0 Å². The number of allylic oxidation sites excluding steroid dienone is 1. The Hall–Kier alpha value is -3.32. The van der Waals surface area contributed by atoms with Gasteiger partial charge in [0.1, 0.15) is 29.5 Å². The van der Waals surface area contributed by atoms with E-state index in [1.807, 2.05) is 41.0 Å². The minimum atomic E-state index is -0.369. The summed E-state index contributed by atoms with van der Waals surface area (Å²) in [5.74, 6) is 0.956. The number of para-hydroxylation sites is 2. The normalized spacial score (nSPS) is 15.9. The molecule has 154 valence electrons. The van der Waals surface area contributed by atoms with Crippen LogP contribution in [-0.2, 0) is 11.3 Å². The Morgan fingerprint density at radius 2 is 1.97 bits per heavy atom. The van der Waals surface area contributed by atoms with Crippen LogP contribution in [0.3, 0.4) is 0 Å². The maximum atomic E-state index is 13.0. The van der Waals surface area contributed by atoms with Gasteiger partial charge in [-0.2, -0.15) is 0 Å². The number of nitrogens with zero attached hydrogens (tertiary/aromatic N) is 2. The molecule has 0 saturated heterocycles. The van der Waals surface area contributed by atoms with Crippen LogP contribution in [0.15, 0.2) is 54.3 Å². The van der Waals surface area contributed by atoms with Gasteiger partial charge in [-0.25, -0.2) is 4.98 Å². The fourth-order valence-electron chi connectivity index (χ4n) is 3.74. The second kappa shape index (κ2) is 7.84. The number of benzene rings is 2. The van der Waals surface area contributed by atoms with Crippen LogP contribution in [0, 0.1) is 0 Å². The minimum Gasteiger partial charge on any atom is -0.511 e. The molecule has 2 aliphatic rings. The van der Waals surface area contributed by atoms with Crippen LogP contribution >= 0.6 is 0 Å². The molecule has 0 unspecified atom stereocenters. The van der Waals surface area contributed by atoms with Crippen molar-refractivity contribution in [3.05, 3.63) is 60.1 Å². The van der Waals surface area contributed by atoms with Gasteiger partial charge in [-0.1, -0.05) is 12.1 Å². The Labute approximate surface area is 174 Å². The Bertz CT molecular complexity index is 1110. The van der Waals surface area contributed by atoms with E-state index in [-0.39, 0.29) is 17.2 Å². The van der Waals surface area contributed by atoms with Gasteiger partial charge in [-0.15, -0.1) is 0 Å². The van der Waals surface area contributed by atoms with E-state index in [2.05, 4.69) is 15.6 Å². The van der Waals surface area contributed by atoms with E-state index in [1.54, 1.807) is 12.1 Å². The lowest BCUT2D eigenvalue weighted by atomic mass is 10.1. The Balaban J connectivity index is 1.28. The van der Waals surface area contributed by atoms with Crippen molar-refractivity contribution in [2.45, 2.75) is 31.8 Å². The second-order valence-corrected chi connectivity index (χ2v) is 7.70. The highest BCUT2D eigenvalue weighted by Gasteiger charge is 2.28. The third-order valence-electron chi connectivity index (χ3n) is 5.46. The molecule has 7 heteroatoms. The van der Waals surface area contributed by atoms with Crippen LogP contribution in [0.2, 0.25) is 0 Å². The molecule has 0 radical (unpaired) electrons. The molecule has 1 fully saturated rings. The summed E-state index contributed by atoms with van der Waals surface area (Å²) in [6, 6.07) is 15.7. The van der Waals surface area contributed by atoms with Gasteiger partial charge in [0.2, 0.25) is 0 Å². The molecular weight excluding hydrogens is 380 g/mol. The first-order valence-electron chi connectivity index (χ1n) is 10.3. The monoisotopic (exact) mass is 404 g/mol. The molecule has 5 rings (SSSR count). The highest BCUT2D eigenvalue weighted by atomic mass is 16.5. The van der Waals surface area contributed by atoms with Crippen LogP contribution in [0.4, 0.5) is 5.69 Å². The predicted molar refractivity (Wildman–Crippen MR) is 115 cm³/mol. The molecule has 3 aromatic rings. The fourth-order valence-corrected chi connectivity index (χ4v) is 3.74. The first kappa shape index (κ1) is 18.7.